The average Bonchev–Trinajstić information content (AvgIpc) is 2.23. The molecule has 0 amide bonds. The monoisotopic (exact) mass is 331 g/mol. The van der Waals surface area contributed by atoms with E-state index >= 15 is 0 Å². The minimum absolute atomic E-state index is 0. The Morgan fingerprint density at radius 1 is 1.20 bits per heavy atom. The first-order chi connectivity index (χ1) is 6.83. The van der Waals surface area contributed by atoms with E-state index in [1.165, 1.54) is 15.8 Å². The molecule has 0 bridgehead atoms. The molecule has 15 heavy (non-hydrogen) atoms. The molecule has 1 aromatic heterocycles. The molecule has 0 saturated heterocycles. The summed E-state index contributed by atoms with van der Waals surface area (Å²) in [4.78, 5) is 0. The highest BCUT2D eigenvalue weighted by atomic mass is 127. The molecule has 0 aliphatic carbocycles. The zero-order valence-corrected chi connectivity index (χ0v) is 11.9. The lowest BCUT2D eigenvalue weighted by atomic mass is 10.2. The van der Waals surface area contributed by atoms with Gasteiger partial charge in [0.15, 0.2) is 6.20 Å². The summed E-state index contributed by atoms with van der Waals surface area (Å²) in [7, 11) is 2.10. The van der Waals surface area contributed by atoms with Gasteiger partial charge < -0.3 is 24.0 Å². The Hall–Kier alpha value is -0.290. The number of hydrogen-bond donors (Lipinski definition) is 0. The van der Waals surface area contributed by atoms with Gasteiger partial charge in [-0.05, 0) is 11.5 Å². The van der Waals surface area contributed by atoms with Crippen LogP contribution in [0.5, 0.6) is 0 Å². The molecular formula is C12H14INS. The van der Waals surface area contributed by atoms with Gasteiger partial charge in [0.2, 0.25) is 5.03 Å². The predicted octanol–water partition coefficient (Wildman–Crippen LogP) is -0.220. The number of nitrogens with zero attached hydrogens (tertiary/aromatic N) is 1. The van der Waals surface area contributed by atoms with Crippen molar-refractivity contribution in [1.82, 2.24) is 0 Å². The molecule has 0 atom stereocenters. The molecule has 0 spiro atoms. The number of rotatable bonds is 2. The smallest absolute Gasteiger partial charge is 0.247 e. The van der Waals surface area contributed by atoms with Crippen molar-refractivity contribution in [3.05, 3.63) is 36.5 Å². The Balaban J connectivity index is 0.00000112. The number of fused-ring (bicyclic) bond motifs is 1. The van der Waals surface area contributed by atoms with Crippen LogP contribution in [-0.4, -0.2) is 5.75 Å². The summed E-state index contributed by atoms with van der Waals surface area (Å²) >= 11 is 1.89. The highest BCUT2D eigenvalue weighted by Crippen LogP contribution is 2.23. The van der Waals surface area contributed by atoms with Crippen LogP contribution in [0.25, 0.3) is 10.8 Å². The first-order valence-electron chi connectivity index (χ1n) is 4.83. The van der Waals surface area contributed by atoms with Crippen molar-refractivity contribution in [3.8, 4) is 0 Å². The molecule has 3 heteroatoms. The van der Waals surface area contributed by atoms with Gasteiger partial charge >= 0.3 is 0 Å². The summed E-state index contributed by atoms with van der Waals surface area (Å²) in [6.45, 7) is 2.19. The Labute approximate surface area is 112 Å². The largest absolute Gasteiger partial charge is 1.00 e. The second kappa shape index (κ2) is 5.70. The summed E-state index contributed by atoms with van der Waals surface area (Å²) in [5.74, 6) is 1.11. The zero-order valence-electron chi connectivity index (χ0n) is 8.90. The molecule has 80 valence electrons. The summed E-state index contributed by atoms with van der Waals surface area (Å²) in [6.07, 6.45) is 2.13. The van der Waals surface area contributed by atoms with Gasteiger partial charge in [-0.25, -0.2) is 0 Å². The van der Waals surface area contributed by atoms with Gasteiger partial charge in [0.05, 0.1) is 5.39 Å². The first kappa shape index (κ1) is 12.8. The van der Waals surface area contributed by atoms with Gasteiger partial charge in [-0.1, -0.05) is 36.9 Å². The number of halogens is 1. The van der Waals surface area contributed by atoms with Crippen LogP contribution in [0, 0.1) is 0 Å². The Morgan fingerprint density at radius 3 is 2.67 bits per heavy atom. The molecule has 0 aliphatic rings. The summed E-state index contributed by atoms with van der Waals surface area (Å²) in [5, 5.41) is 4.02. The number of benzene rings is 1. The average molecular weight is 331 g/mol. The van der Waals surface area contributed by atoms with E-state index in [-0.39, 0.29) is 24.0 Å². The lowest BCUT2D eigenvalue weighted by Crippen LogP contribution is -3.00. The quantitative estimate of drug-likeness (QED) is 0.418. The summed E-state index contributed by atoms with van der Waals surface area (Å²) < 4.78 is 2.19. The highest BCUT2D eigenvalue weighted by molar-refractivity contribution is 7.99. The normalized spacial score (nSPS) is 10.0. The predicted molar refractivity (Wildman–Crippen MR) is 61.5 cm³/mol. The molecule has 1 heterocycles. The van der Waals surface area contributed by atoms with E-state index in [4.69, 9.17) is 0 Å². The van der Waals surface area contributed by atoms with Crippen molar-refractivity contribution in [2.75, 3.05) is 5.75 Å². The summed E-state index contributed by atoms with van der Waals surface area (Å²) in [5.41, 5.74) is 0. The number of aryl methyl sites for hydroxylation is 1. The topological polar surface area (TPSA) is 3.88 Å². The maximum Gasteiger partial charge on any atom is 0.247 e. The summed E-state index contributed by atoms with van der Waals surface area (Å²) in [6, 6.07) is 10.7. The first-order valence-corrected chi connectivity index (χ1v) is 5.81. The van der Waals surface area contributed by atoms with Crippen LogP contribution in [0.15, 0.2) is 41.6 Å². The van der Waals surface area contributed by atoms with Gasteiger partial charge in [0, 0.05) is 11.8 Å². The molecule has 0 aliphatic heterocycles. The van der Waals surface area contributed by atoms with Crippen LogP contribution in [0.2, 0.25) is 0 Å². The van der Waals surface area contributed by atoms with Crippen molar-refractivity contribution >= 4 is 22.5 Å². The lowest BCUT2D eigenvalue weighted by Gasteiger charge is -2.02. The molecule has 2 rings (SSSR count). The second-order valence-corrected chi connectivity index (χ2v) is 4.50. The van der Waals surface area contributed by atoms with E-state index in [0.29, 0.717) is 0 Å². The second-order valence-electron chi connectivity index (χ2n) is 3.25. The SMILES string of the molecule is CCSc1c2ccccc2cc[n+]1C.[I-]. The van der Waals surface area contributed by atoms with Crippen molar-refractivity contribution in [3.63, 3.8) is 0 Å². The van der Waals surface area contributed by atoms with Gasteiger partial charge in [0.25, 0.3) is 0 Å². The standard InChI is InChI=1S/C12H14NS.HI/c1-3-14-12-11-7-5-4-6-10(11)8-9-13(12)2;/h4-9H,3H2,1-2H3;1H/q+1;/p-1. The van der Waals surface area contributed by atoms with E-state index in [1.54, 1.807) is 0 Å². The Kier molecular flexibility index (Phi) is 4.86. The van der Waals surface area contributed by atoms with E-state index in [9.17, 15) is 0 Å². The zero-order chi connectivity index (χ0) is 9.97. The number of pyridine rings is 1. The van der Waals surface area contributed by atoms with Gasteiger partial charge in [-0.2, -0.15) is 4.57 Å². The third kappa shape index (κ3) is 2.64. The van der Waals surface area contributed by atoms with Gasteiger partial charge in [0.1, 0.15) is 7.05 Å². The minimum atomic E-state index is 0. The minimum Gasteiger partial charge on any atom is -1.00 e. The van der Waals surface area contributed by atoms with E-state index in [1.807, 2.05) is 11.8 Å². The number of hydrogen-bond acceptors (Lipinski definition) is 1. The Bertz CT molecular complexity index is 456. The maximum absolute atomic E-state index is 2.19. The molecule has 0 saturated carbocycles. The fourth-order valence-corrected chi connectivity index (χ4v) is 2.48. The van der Waals surface area contributed by atoms with E-state index in [2.05, 4.69) is 55.1 Å². The van der Waals surface area contributed by atoms with Crippen LogP contribution in [0.3, 0.4) is 0 Å². The van der Waals surface area contributed by atoms with Crippen LogP contribution in [0.4, 0.5) is 0 Å². The van der Waals surface area contributed by atoms with Crippen LogP contribution in [-0.2, 0) is 7.05 Å². The fraction of sp³-hybridized carbons (Fsp3) is 0.250. The number of aromatic nitrogens is 1. The molecule has 0 radical (unpaired) electrons. The fourth-order valence-electron chi connectivity index (χ4n) is 1.60. The van der Waals surface area contributed by atoms with Gasteiger partial charge in [-0.3, -0.25) is 0 Å². The molecule has 0 N–H and O–H groups in total. The van der Waals surface area contributed by atoms with E-state index in [0.717, 1.165) is 5.75 Å². The van der Waals surface area contributed by atoms with Crippen molar-refractivity contribution in [1.29, 1.82) is 0 Å². The molecule has 1 aromatic carbocycles. The van der Waals surface area contributed by atoms with Crippen molar-refractivity contribution in [2.24, 2.45) is 7.05 Å². The molecule has 0 fully saturated rings. The molecule has 0 unspecified atom stereocenters. The van der Waals surface area contributed by atoms with Crippen molar-refractivity contribution < 1.29 is 28.5 Å². The lowest BCUT2D eigenvalue weighted by molar-refractivity contribution is -0.706. The molecule has 1 nitrogen and oxygen atoms in total. The molecular weight excluding hydrogens is 317 g/mol. The maximum atomic E-state index is 2.19. The van der Waals surface area contributed by atoms with Crippen LogP contribution < -0.4 is 28.5 Å². The number of thioether (sulfide) groups is 1. The van der Waals surface area contributed by atoms with Crippen LogP contribution in [0.1, 0.15) is 6.92 Å². The van der Waals surface area contributed by atoms with Gasteiger partial charge in [-0.15, -0.1) is 0 Å². The van der Waals surface area contributed by atoms with E-state index < -0.39 is 0 Å². The Morgan fingerprint density at radius 2 is 1.93 bits per heavy atom. The van der Waals surface area contributed by atoms with Crippen molar-refractivity contribution in [2.45, 2.75) is 11.9 Å². The van der Waals surface area contributed by atoms with Crippen LogP contribution >= 0.6 is 11.8 Å². The third-order valence-electron chi connectivity index (χ3n) is 2.27. The highest BCUT2D eigenvalue weighted by Gasteiger charge is 2.10. The molecule has 2 aromatic rings. The third-order valence-corrected chi connectivity index (χ3v) is 3.34.